The Morgan fingerprint density at radius 1 is 1.25 bits per heavy atom. The van der Waals surface area contributed by atoms with Gasteiger partial charge in [-0.3, -0.25) is 19.2 Å². The highest BCUT2D eigenvalue weighted by Gasteiger charge is 2.51. The Labute approximate surface area is 140 Å². The summed E-state index contributed by atoms with van der Waals surface area (Å²) in [6, 6.07) is -1.15. The molecule has 2 atom stereocenters. The third-order valence-electron chi connectivity index (χ3n) is 4.12. The maximum atomic E-state index is 13.0. The molecule has 24 heavy (non-hydrogen) atoms. The van der Waals surface area contributed by atoms with Crippen LogP contribution in [0.3, 0.4) is 0 Å². The van der Waals surface area contributed by atoms with Gasteiger partial charge < -0.3 is 14.2 Å². The number of amides is 2. The lowest BCUT2D eigenvalue weighted by Crippen LogP contribution is -2.60. The molecule has 2 fully saturated rings. The Hall–Kier alpha value is -1.44. The van der Waals surface area contributed by atoms with Crippen LogP contribution >= 0.6 is 7.60 Å². The van der Waals surface area contributed by atoms with E-state index in [-0.39, 0.29) is 44.9 Å². The van der Waals surface area contributed by atoms with E-state index in [2.05, 4.69) is 0 Å². The van der Waals surface area contributed by atoms with Crippen molar-refractivity contribution in [3.05, 3.63) is 0 Å². The van der Waals surface area contributed by atoms with Crippen LogP contribution < -0.4 is 0 Å². The van der Waals surface area contributed by atoms with Gasteiger partial charge in [0.15, 0.2) is 6.04 Å². The molecule has 0 aliphatic carbocycles. The molecule has 1 N–H and O–H groups in total. The van der Waals surface area contributed by atoms with Crippen molar-refractivity contribution in [3.8, 4) is 0 Å². The number of nitrogens with zero attached hydrogens (tertiary/aromatic N) is 2. The molecule has 0 aromatic carbocycles. The fraction of sp³-hybridized carbons (Fsp3) is 0.786. The standard InChI is InChI=1S/C14H23N2O7P/c1-3-22-24(21,23-4-2)11-7-8-12(17)15-9-5-6-10(14(19)20)16(15)13(11)18/h10-11H,3-9H2,1-2H3,(H,19,20)/t10-,11-/m0/s1. The molecule has 2 heterocycles. The number of carbonyl (C=O) groups is 3. The van der Waals surface area contributed by atoms with Gasteiger partial charge in [0, 0.05) is 13.0 Å². The molecule has 0 radical (unpaired) electrons. The van der Waals surface area contributed by atoms with Crippen LogP contribution in [0, 0.1) is 0 Å². The monoisotopic (exact) mass is 362 g/mol. The lowest BCUT2D eigenvalue weighted by molar-refractivity contribution is -0.180. The molecule has 0 aromatic rings. The van der Waals surface area contributed by atoms with Gasteiger partial charge in [-0.05, 0) is 33.1 Å². The highest BCUT2D eigenvalue weighted by Crippen LogP contribution is 2.56. The van der Waals surface area contributed by atoms with Crippen molar-refractivity contribution >= 4 is 25.4 Å². The quantitative estimate of drug-likeness (QED) is 0.707. The molecule has 0 saturated carbocycles. The van der Waals surface area contributed by atoms with E-state index in [0.717, 1.165) is 5.01 Å². The summed E-state index contributed by atoms with van der Waals surface area (Å²) in [5.41, 5.74) is -1.17. The Kier molecular flexibility index (Phi) is 6.01. The molecular weight excluding hydrogens is 339 g/mol. The van der Waals surface area contributed by atoms with E-state index in [0.29, 0.717) is 6.42 Å². The summed E-state index contributed by atoms with van der Waals surface area (Å²) in [5.74, 6) is -2.22. The second-order valence-electron chi connectivity index (χ2n) is 5.63. The normalized spacial score (nSPS) is 25.4. The van der Waals surface area contributed by atoms with Gasteiger partial charge in [-0.15, -0.1) is 0 Å². The van der Waals surface area contributed by atoms with Crippen molar-refractivity contribution in [2.75, 3.05) is 19.8 Å². The van der Waals surface area contributed by atoms with Crippen molar-refractivity contribution in [2.45, 2.75) is 51.2 Å². The maximum Gasteiger partial charge on any atom is 0.343 e. The zero-order valence-corrected chi connectivity index (χ0v) is 14.7. The van der Waals surface area contributed by atoms with Crippen LogP contribution in [0.2, 0.25) is 0 Å². The number of hydrogen-bond acceptors (Lipinski definition) is 6. The van der Waals surface area contributed by atoms with Crippen molar-refractivity contribution in [2.24, 2.45) is 0 Å². The minimum atomic E-state index is -3.79. The van der Waals surface area contributed by atoms with E-state index < -0.39 is 31.2 Å². The van der Waals surface area contributed by atoms with Crippen molar-refractivity contribution in [3.63, 3.8) is 0 Å². The number of hydrazine groups is 1. The van der Waals surface area contributed by atoms with Gasteiger partial charge in [-0.1, -0.05) is 0 Å². The second kappa shape index (κ2) is 7.63. The van der Waals surface area contributed by atoms with E-state index >= 15 is 0 Å². The van der Waals surface area contributed by atoms with Gasteiger partial charge >= 0.3 is 13.6 Å². The van der Waals surface area contributed by atoms with Crippen LogP contribution in [0.5, 0.6) is 0 Å². The van der Waals surface area contributed by atoms with Gasteiger partial charge in [-0.25, -0.2) is 9.80 Å². The molecule has 2 saturated heterocycles. The first-order valence-corrected chi connectivity index (χ1v) is 9.71. The van der Waals surface area contributed by atoms with Crippen LogP contribution in [0.4, 0.5) is 0 Å². The first-order chi connectivity index (χ1) is 11.4. The molecule has 0 spiro atoms. The lowest BCUT2D eigenvalue weighted by Gasteiger charge is -2.42. The number of fused-ring (bicyclic) bond motifs is 1. The summed E-state index contributed by atoms with van der Waals surface area (Å²) in [5, 5.41) is 11.5. The molecule has 2 rings (SSSR count). The third-order valence-corrected chi connectivity index (χ3v) is 6.60. The predicted octanol–water partition coefficient (Wildman–Crippen LogP) is 1.23. The molecule has 0 unspecified atom stereocenters. The number of aliphatic carboxylic acids is 1. The smallest absolute Gasteiger partial charge is 0.343 e. The Morgan fingerprint density at radius 2 is 1.88 bits per heavy atom. The third kappa shape index (κ3) is 3.48. The van der Waals surface area contributed by atoms with Crippen LogP contribution in [0.25, 0.3) is 0 Å². The van der Waals surface area contributed by atoms with E-state index in [1.54, 1.807) is 13.8 Å². The fourth-order valence-corrected chi connectivity index (χ4v) is 5.10. The van der Waals surface area contributed by atoms with Gasteiger partial charge in [0.05, 0.1) is 13.2 Å². The van der Waals surface area contributed by atoms with E-state index in [1.807, 2.05) is 0 Å². The SMILES string of the molecule is CCOP(=O)(OCC)[C@H]1CCC(=O)N2CCC[C@@H](C(=O)O)N2C1=O. The summed E-state index contributed by atoms with van der Waals surface area (Å²) in [6.07, 6.45) is 0.731. The number of hydrogen-bond donors (Lipinski definition) is 1. The number of rotatable bonds is 6. The van der Waals surface area contributed by atoms with E-state index in [4.69, 9.17) is 9.05 Å². The summed E-state index contributed by atoms with van der Waals surface area (Å²) in [7, 11) is -3.79. The van der Waals surface area contributed by atoms with Gasteiger partial charge in [0.25, 0.3) is 5.91 Å². The number of carboxylic acids is 1. The Bertz CT molecular complexity index is 557. The topological polar surface area (TPSA) is 113 Å². The first kappa shape index (κ1) is 18.9. The average molecular weight is 362 g/mol. The van der Waals surface area contributed by atoms with Crippen LogP contribution in [0.1, 0.15) is 39.5 Å². The first-order valence-electron chi connectivity index (χ1n) is 8.10. The molecule has 2 aliphatic heterocycles. The molecule has 10 heteroatoms. The van der Waals surface area contributed by atoms with Crippen LogP contribution in [0.15, 0.2) is 0 Å². The highest BCUT2D eigenvalue weighted by atomic mass is 31.2. The second-order valence-corrected chi connectivity index (χ2v) is 7.85. The van der Waals surface area contributed by atoms with Gasteiger partial charge in [-0.2, -0.15) is 0 Å². The number of carbonyl (C=O) groups excluding carboxylic acids is 2. The van der Waals surface area contributed by atoms with Crippen molar-refractivity contribution in [1.29, 1.82) is 0 Å². The van der Waals surface area contributed by atoms with Crippen LogP contribution in [-0.4, -0.2) is 64.4 Å². The maximum absolute atomic E-state index is 13.0. The largest absolute Gasteiger partial charge is 0.480 e. The van der Waals surface area contributed by atoms with Gasteiger partial charge in [0.2, 0.25) is 5.91 Å². The Morgan fingerprint density at radius 3 is 2.42 bits per heavy atom. The number of carboxylic acid groups (broad SMARTS) is 1. The molecule has 2 amide bonds. The lowest BCUT2D eigenvalue weighted by atomic mass is 10.1. The summed E-state index contributed by atoms with van der Waals surface area (Å²) in [4.78, 5) is 36.8. The average Bonchev–Trinajstić information content (AvgIpc) is 2.66. The van der Waals surface area contributed by atoms with E-state index in [9.17, 15) is 24.1 Å². The molecular formula is C14H23N2O7P. The van der Waals surface area contributed by atoms with Crippen LogP contribution in [-0.2, 0) is 28.0 Å². The molecule has 136 valence electrons. The molecule has 0 aromatic heterocycles. The highest BCUT2D eigenvalue weighted by molar-refractivity contribution is 7.55. The minimum Gasteiger partial charge on any atom is -0.480 e. The fourth-order valence-electron chi connectivity index (χ4n) is 3.11. The van der Waals surface area contributed by atoms with Crippen molar-refractivity contribution < 1.29 is 33.1 Å². The summed E-state index contributed by atoms with van der Waals surface area (Å²) in [6.45, 7) is 3.70. The zero-order chi connectivity index (χ0) is 17.9. The van der Waals surface area contributed by atoms with E-state index in [1.165, 1.54) is 5.01 Å². The van der Waals surface area contributed by atoms with Crippen molar-refractivity contribution in [1.82, 2.24) is 10.0 Å². The summed E-state index contributed by atoms with van der Waals surface area (Å²) >= 11 is 0. The molecule has 0 bridgehead atoms. The summed E-state index contributed by atoms with van der Waals surface area (Å²) < 4.78 is 23.5. The zero-order valence-electron chi connectivity index (χ0n) is 13.8. The predicted molar refractivity (Wildman–Crippen MR) is 83.1 cm³/mol. The molecule has 2 aliphatic rings. The minimum absolute atomic E-state index is 0.00822. The molecule has 9 nitrogen and oxygen atoms in total. The van der Waals surface area contributed by atoms with Gasteiger partial charge in [0.1, 0.15) is 5.66 Å². The Balaban J connectivity index is 2.41.